The van der Waals surface area contributed by atoms with Crippen LogP contribution in [-0.2, 0) is 9.53 Å². The Kier molecular flexibility index (Phi) is 4.46. The van der Waals surface area contributed by atoms with Gasteiger partial charge in [-0.2, -0.15) is 0 Å². The highest BCUT2D eigenvalue weighted by atomic mass is 28.3. The molecule has 0 unspecified atom stereocenters. The highest BCUT2D eigenvalue weighted by Crippen LogP contribution is 2.40. The Morgan fingerprint density at radius 3 is 2.48 bits per heavy atom. The molecule has 5 nitrogen and oxygen atoms in total. The molecule has 6 heteroatoms. The highest BCUT2D eigenvalue weighted by molar-refractivity contribution is 6.76. The smallest absolute Gasteiger partial charge is 0.409 e. The van der Waals surface area contributed by atoms with Gasteiger partial charge >= 0.3 is 6.09 Å². The first kappa shape index (κ1) is 16.8. The zero-order valence-electron chi connectivity index (χ0n) is 14.9. The topological polar surface area (TPSA) is 49.9 Å². The van der Waals surface area contributed by atoms with Crippen molar-refractivity contribution in [2.45, 2.75) is 64.0 Å². The van der Waals surface area contributed by atoms with E-state index in [-0.39, 0.29) is 24.1 Å². The number of rotatable bonds is 4. The van der Waals surface area contributed by atoms with Crippen molar-refractivity contribution in [3.8, 4) is 0 Å². The van der Waals surface area contributed by atoms with Gasteiger partial charge in [0.2, 0.25) is 5.91 Å². The van der Waals surface area contributed by atoms with Gasteiger partial charge in [0.05, 0.1) is 12.6 Å². The summed E-state index contributed by atoms with van der Waals surface area (Å²) in [7, 11) is -1.18. The van der Waals surface area contributed by atoms with Crippen molar-refractivity contribution in [1.29, 1.82) is 0 Å². The summed E-state index contributed by atoms with van der Waals surface area (Å²) in [5.74, 6) is 0.980. The molecule has 2 bridgehead atoms. The highest BCUT2D eigenvalue weighted by Gasteiger charge is 2.49. The maximum atomic E-state index is 12.5. The Bertz CT molecular complexity index is 487. The second-order valence-electron chi connectivity index (χ2n) is 8.74. The van der Waals surface area contributed by atoms with Gasteiger partial charge in [-0.1, -0.05) is 19.6 Å². The van der Waals surface area contributed by atoms with Crippen molar-refractivity contribution in [2.75, 3.05) is 19.7 Å². The Morgan fingerprint density at radius 2 is 1.87 bits per heavy atom. The minimum Gasteiger partial charge on any atom is -0.450 e. The fourth-order valence-corrected chi connectivity index (χ4v) is 4.54. The quantitative estimate of drug-likeness (QED) is 0.741. The number of amides is 2. The zero-order chi connectivity index (χ0) is 16.8. The lowest BCUT2D eigenvalue weighted by Gasteiger charge is -2.32. The van der Waals surface area contributed by atoms with Crippen LogP contribution in [0.4, 0.5) is 4.79 Å². The van der Waals surface area contributed by atoms with Crippen molar-refractivity contribution >= 4 is 20.1 Å². The zero-order valence-corrected chi connectivity index (χ0v) is 15.9. The van der Waals surface area contributed by atoms with Crippen LogP contribution in [0.1, 0.15) is 26.2 Å². The summed E-state index contributed by atoms with van der Waals surface area (Å²) < 4.78 is 5.49. The SMILES string of the molecule is C[C@H]1[C@H]2C[C@H](CN(C(=O)OCC[Si](C)(C)C)C2)N1C(=O)C1CC1. The van der Waals surface area contributed by atoms with Crippen molar-refractivity contribution in [3.63, 3.8) is 0 Å². The molecule has 3 aliphatic rings. The van der Waals surface area contributed by atoms with Crippen LogP contribution in [-0.4, -0.2) is 61.7 Å². The second-order valence-corrected chi connectivity index (χ2v) is 14.4. The molecule has 1 saturated carbocycles. The van der Waals surface area contributed by atoms with Crippen LogP contribution in [0.15, 0.2) is 0 Å². The predicted octanol–water partition coefficient (Wildman–Crippen LogP) is 2.79. The molecule has 2 amide bonds. The third kappa shape index (κ3) is 3.73. The maximum absolute atomic E-state index is 12.5. The fraction of sp³-hybridized carbons (Fsp3) is 0.882. The van der Waals surface area contributed by atoms with E-state index >= 15 is 0 Å². The standard InChI is InChI=1S/C17H30N2O3Si/c1-12-14-9-15(19(12)16(20)13-5-6-13)11-18(10-14)17(21)22-7-8-23(2,3)4/h12-15H,5-11H2,1-4H3/t12-,14-,15+/m0/s1. The van der Waals surface area contributed by atoms with Crippen LogP contribution >= 0.6 is 0 Å². The molecule has 1 aliphatic carbocycles. The fourth-order valence-electron chi connectivity index (χ4n) is 3.83. The average Bonchev–Trinajstić information content (AvgIpc) is 3.27. The number of likely N-dealkylation sites (tertiary alicyclic amines) is 2. The van der Waals surface area contributed by atoms with Gasteiger partial charge in [-0.3, -0.25) is 4.79 Å². The van der Waals surface area contributed by atoms with E-state index in [1.807, 2.05) is 4.90 Å². The molecule has 0 aromatic heterocycles. The van der Waals surface area contributed by atoms with E-state index < -0.39 is 8.07 Å². The Balaban J connectivity index is 1.56. The number of hydrogen-bond acceptors (Lipinski definition) is 3. The van der Waals surface area contributed by atoms with E-state index in [9.17, 15) is 9.59 Å². The van der Waals surface area contributed by atoms with Gasteiger partial charge in [0.1, 0.15) is 0 Å². The number of nitrogens with zero attached hydrogens (tertiary/aromatic N) is 2. The van der Waals surface area contributed by atoms with Crippen LogP contribution < -0.4 is 0 Å². The first-order valence-corrected chi connectivity index (χ1v) is 12.7. The van der Waals surface area contributed by atoms with E-state index in [0.29, 0.717) is 25.0 Å². The number of carbonyl (C=O) groups excluding carboxylic acids is 2. The van der Waals surface area contributed by atoms with Gasteiger partial charge in [0, 0.05) is 33.1 Å². The molecule has 2 saturated heterocycles. The molecule has 0 aromatic carbocycles. The Labute approximate surface area is 140 Å². The lowest BCUT2D eigenvalue weighted by atomic mass is 9.96. The molecule has 0 aromatic rings. The van der Waals surface area contributed by atoms with Gasteiger partial charge in [-0.15, -0.1) is 0 Å². The monoisotopic (exact) mass is 338 g/mol. The van der Waals surface area contributed by atoms with Gasteiger partial charge in [-0.25, -0.2) is 4.79 Å². The summed E-state index contributed by atoms with van der Waals surface area (Å²) in [5.41, 5.74) is 0. The molecule has 3 fully saturated rings. The summed E-state index contributed by atoms with van der Waals surface area (Å²) in [5, 5.41) is 0. The largest absolute Gasteiger partial charge is 0.450 e. The van der Waals surface area contributed by atoms with Crippen molar-refractivity contribution in [1.82, 2.24) is 9.80 Å². The summed E-state index contributed by atoms with van der Waals surface area (Å²) in [4.78, 5) is 28.8. The normalized spacial score (nSPS) is 30.5. The van der Waals surface area contributed by atoms with E-state index in [4.69, 9.17) is 4.74 Å². The van der Waals surface area contributed by atoms with E-state index in [0.717, 1.165) is 31.9 Å². The molecule has 0 radical (unpaired) electrons. The van der Waals surface area contributed by atoms with Gasteiger partial charge in [-0.05, 0) is 38.1 Å². The van der Waals surface area contributed by atoms with Crippen LogP contribution in [0, 0.1) is 11.8 Å². The van der Waals surface area contributed by atoms with Gasteiger partial charge in [0.25, 0.3) is 0 Å². The van der Waals surface area contributed by atoms with Gasteiger partial charge < -0.3 is 14.5 Å². The van der Waals surface area contributed by atoms with Crippen LogP contribution in [0.2, 0.25) is 25.7 Å². The third-order valence-electron chi connectivity index (χ3n) is 5.49. The van der Waals surface area contributed by atoms with Gasteiger partial charge in [0.15, 0.2) is 0 Å². The molecule has 130 valence electrons. The summed E-state index contributed by atoms with van der Waals surface area (Å²) >= 11 is 0. The third-order valence-corrected chi connectivity index (χ3v) is 7.20. The molecular formula is C17H30N2O3Si. The molecule has 3 atom stereocenters. The first-order valence-electron chi connectivity index (χ1n) is 9.00. The molecule has 0 N–H and O–H groups in total. The number of fused-ring (bicyclic) bond motifs is 2. The number of carbonyl (C=O) groups is 2. The second kappa shape index (κ2) is 6.11. The minimum absolute atomic E-state index is 0.189. The lowest BCUT2D eigenvalue weighted by Crippen LogP contribution is -2.47. The maximum Gasteiger partial charge on any atom is 0.409 e. The summed E-state index contributed by atoms with van der Waals surface area (Å²) in [6.45, 7) is 10.9. The average molecular weight is 339 g/mol. The van der Waals surface area contributed by atoms with E-state index in [2.05, 4.69) is 31.5 Å². The molecule has 3 rings (SSSR count). The number of piperidine rings is 1. The summed E-state index contributed by atoms with van der Waals surface area (Å²) in [6.07, 6.45) is 2.94. The first-order chi connectivity index (χ1) is 10.8. The van der Waals surface area contributed by atoms with Crippen LogP contribution in [0.25, 0.3) is 0 Å². The Morgan fingerprint density at radius 1 is 1.17 bits per heavy atom. The predicted molar refractivity (Wildman–Crippen MR) is 92.0 cm³/mol. The van der Waals surface area contributed by atoms with E-state index in [1.165, 1.54) is 0 Å². The van der Waals surface area contributed by atoms with Crippen molar-refractivity contribution in [3.05, 3.63) is 0 Å². The molecule has 2 heterocycles. The molecule has 2 aliphatic heterocycles. The number of ether oxygens (including phenoxy) is 1. The van der Waals surface area contributed by atoms with E-state index in [1.54, 1.807) is 0 Å². The van der Waals surface area contributed by atoms with Crippen molar-refractivity contribution < 1.29 is 14.3 Å². The summed E-state index contributed by atoms with van der Waals surface area (Å²) in [6, 6.07) is 1.46. The lowest BCUT2D eigenvalue weighted by molar-refractivity contribution is -0.135. The van der Waals surface area contributed by atoms with Crippen LogP contribution in [0.3, 0.4) is 0 Å². The molecule has 23 heavy (non-hydrogen) atoms. The number of hydrogen-bond donors (Lipinski definition) is 0. The van der Waals surface area contributed by atoms with Crippen molar-refractivity contribution in [2.24, 2.45) is 11.8 Å². The molecule has 0 spiro atoms. The Hall–Kier alpha value is -1.04. The van der Waals surface area contributed by atoms with Crippen LogP contribution in [0.5, 0.6) is 0 Å². The molecular weight excluding hydrogens is 308 g/mol. The minimum atomic E-state index is -1.18.